The molecule has 0 bridgehead atoms. The van der Waals surface area contributed by atoms with Gasteiger partial charge in [-0.05, 0) is 35.2 Å². The predicted octanol–water partition coefficient (Wildman–Crippen LogP) is 5.11. The van der Waals surface area contributed by atoms with Crippen LogP contribution in [0.2, 0.25) is 0 Å². The Morgan fingerprint density at radius 3 is 2.48 bits per heavy atom. The second kappa shape index (κ2) is 6.20. The quantitative estimate of drug-likeness (QED) is 0.807. The van der Waals surface area contributed by atoms with Crippen LogP contribution >= 0.6 is 15.9 Å². The first-order valence-electron chi connectivity index (χ1n) is 6.46. The van der Waals surface area contributed by atoms with E-state index in [1.807, 2.05) is 13.0 Å². The Hall–Kier alpha value is -1.33. The number of hydrogen-bond donors (Lipinski definition) is 1. The number of halogens is 4. The van der Waals surface area contributed by atoms with Crippen LogP contribution in [-0.2, 0) is 12.6 Å². The van der Waals surface area contributed by atoms with Crippen LogP contribution in [0.25, 0.3) is 0 Å². The second-order valence-electron chi connectivity index (χ2n) is 4.73. The van der Waals surface area contributed by atoms with Gasteiger partial charge in [0.2, 0.25) is 0 Å². The highest BCUT2D eigenvalue weighted by atomic mass is 79.9. The largest absolute Gasteiger partial charge is 0.416 e. The van der Waals surface area contributed by atoms with Gasteiger partial charge in [-0.1, -0.05) is 53.2 Å². The topological polar surface area (TPSA) is 20.2 Å². The summed E-state index contributed by atoms with van der Waals surface area (Å²) in [4.78, 5) is 0. The van der Waals surface area contributed by atoms with Gasteiger partial charge < -0.3 is 5.11 Å². The van der Waals surface area contributed by atoms with Crippen LogP contribution in [0, 0.1) is 0 Å². The molecule has 112 valence electrons. The molecule has 1 atom stereocenters. The minimum atomic E-state index is -4.51. The number of aliphatic hydroxyl groups is 1. The van der Waals surface area contributed by atoms with Crippen molar-refractivity contribution in [2.45, 2.75) is 25.6 Å². The van der Waals surface area contributed by atoms with Crippen molar-refractivity contribution in [3.8, 4) is 0 Å². The standard InChI is InChI=1S/C16H14BrF3O/c1-2-10-4-3-5-11(8-10)15(21)13-7-6-12(17)9-14(13)16(18,19)20/h3-9,15,21H,2H2,1H3. The molecule has 1 nitrogen and oxygen atoms in total. The third-order valence-corrected chi connectivity index (χ3v) is 3.78. The minimum absolute atomic E-state index is 0.140. The number of rotatable bonds is 3. The van der Waals surface area contributed by atoms with Gasteiger partial charge >= 0.3 is 6.18 Å². The monoisotopic (exact) mass is 358 g/mol. The molecule has 2 aromatic rings. The SMILES string of the molecule is CCc1cccc(C(O)c2ccc(Br)cc2C(F)(F)F)c1. The lowest BCUT2D eigenvalue weighted by molar-refractivity contribution is -0.139. The Morgan fingerprint density at radius 1 is 1.14 bits per heavy atom. The Morgan fingerprint density at radius 2 is 1.86 bits per heavy atom. The average Bonchev–Trinajstić information content (AvgIpc) is 2.45. The van der Waals surface area contributed by atoms with E-state index in [2.05, 4.69) is 15.9 Å². The van der Waals surface area contributed by atoms with E-state index in [0.29, 0.717) is 10.0 Å². The lowest BCUT2D eigenvalue weighted by atomic mass is 9.95. The molecule has 0 aliphatic heterocycles. The molecule has 0 saturated carbocycles. The van der Waals surface area contributed by atoms with Crippen molar-refractivity contribution >= 4 is 15.9 Å². The summed E-state index contributed by atoms with van der Waals surface area (Å²) < 4.78 is 39.7. The zero-order chi connectivity index (χ0) is 15.6. The van der Waals surface area contributed by atoms with Crippen LogP contribution in [0.3, 0.4) is 0 Å². The summed E-state index contributed by atoms with van der Waals surface area (Å²) in [5.74, 6) is 0. The molecule has 0 aromatic heterocycles. The summed E-state index contributed by atoms with van der Waals surface area (Å²) in [6, 6.07) is 10.8. The Balaban J connectivity index is 2.50. The third-order valence-electron chi connectivity index (χ3n) is 3.29. The van der Waals surface area contributed by atoms with Crippen molar-refractivity contribution in [3.63, 3.8) is 0 Å². The molecule has 0 aliphatic rings. The minimum Gasteiger partial charge on any atom is -0.384 e. The van der Waals surface area contributed by atoms with Crippen LogP contribution in [0.1, 0.15) is 35.3 Å². The third kappa shape index (κ3) is 3.66. The van der Waals surface area contributed by atoms with Gasteiger partial charge in [-0.15, -0.1) is 0 Å². The van der Waals surface area contributed by atoms with Gasteiger partial charge in [-0.25, -0.2) is 0 Å². The smallest absolute Gasteiger partial charge is 0.384 e. The Bertz CT molecular complexity index is 638. The maximum atomic E-state index is 13.1. The van der Waals surface area contributed by atoms with Crippen molar-refractivity contribution in [3.05, 3.63) is 69.2 Å². The van der Waals surface area contributed by atoms with Gasteiger partial charge in [0.15, 0.2) is 0 Å². The summed E-state index contributed by atoms with van der Waals surface area (Å²) in [6.45, 7) is 1.95. The highest BCUT2D eigenvalue weighted by Crippen LogP contribution is 2.38. The van der Waals surface area contributed by atoms with Crippen LogP contribution in [0.5, 0.6) is 0 Å². The number of benzene rings is 2. The van der Waals surface area contributed by atoms with E-state index in [1.165, 1.54) is 12.1 Å². The molecular weight excluding hydrogens is 345 g/mol. The first-order chi connectivity index (χ1) is 9.82. The summed E-state index contributed by atoms with van der Waals surface area (Å²) in [6.07, 6.45) is -5.06. The molecule has 2 rings (SSSR count). The summed E-state index contributed by atoms with van der Waals surface area (Å²) >= 11 is 3.04. The van der Waals surface area contributed by atoms with E-state index in [9.17, 15) is 18.3 Å². The summed E-state index contributed by atoms with van der Waals surface area (Å²) in [5.41, 5.74) is 0.463. The van der Waals surface area contributed by atoms with Gasteiger partial charge in [0.05, 0.1) is 5.56 Å². The molecular formula is C16H14BrF3O. The molecule has 0 radical (unpaired) electrons. The average molecular weight is 359 g/mol. The van der Waals surface area contributed by atoms with Crippen LogP contribution < -0.4 is 0 Å². The second-order valence-corrected chi connectivity index (χ2v) is 5.65. The molecule has 0 fully saturated rings. The van der Waals surface area contributed by atoms with Crippen molar-refractivity contribution in [2.24, 2.45) is 0 Å². The maximum absolute atomic E-state index is 13.1. The molecule has 0 saturated heterocycles. The lowest BCUT2D eigenvalue weighted by Crippen LogP contribution is -2.13. The Labute approximate surface area is 129 Å². The van der Waals surface area contributed by atoms with E-state index < -0.39 is 17.8 Å². The Kier molecular flexibility index (Phi) is 4.74. The highest BCUT2D eigenvalue weighted by Gasteiger charge is 2.35. The molecule has 0 heterocycles. The molecule has 1 N–H and O–H groups in total. The van der Waals surface area contributed by atoms with Crippen molar-refractivity contribution in [1.82, 2.24) is 0 Å². The number of aryl methyl sites for hydroxylation is 1. The molecule has 5 heteroatoms. The molecule has 21 heavy (non-hydrogen) atoms. The van der Waals surface area contributed by atoms with Gasteiger partial charge in [-0.3, -0.25) is 0 Å². The number of hydrogen-bond acceptors (Lipinski definition) is 1. The number of alkyl halides is 3. The van der Waals surface area contributed by atoms with Crippen molar-refractivity contribution < 1.29 is 18.3 Å². The molecule has 1 unspecified atom stereocenters. The van der Waals surface area contributed by atoms with Gasteiger partial charge in [0.25, 0.3) is 0 Å². The molecule has 0 spiro atoms. The van der Waals surface area contributed by atoms with E-state index in [4.69, 9.17) is 0 Å². The van der Waals surface area contributed by atoms with Crippen LogP contribution in [-0.4, -0.2) is 5.11 Å². The molecule has 0 aliphatic carbocycles. The van der Waals surface area contributed by atoms with Crippen molar-refractivity contribution in [2.75, 3.05) is 0 Å². The fourth-order valence-electron chi connectivity index (χ4n) is 2.18. The van der Waals surface area contributed by atoms with E-state index >= 15 is 0 Å². The fraction of sp³-hybridized carbons (Fsp3) is 0.250. The van der Waals surface area contributed by atoms with Crippen LogP contribution in [0.15, 0.2) is 46.9 Å². The van der Waals surface area contributed by atoms with E-state index in [0.717, 1.165) is 18.1 Å². The van der Waals surface area contributed by atoms with Gasteiger partial charge in [-0.2, -0.15) is 13.2 Å². The van der Waals surface area contributed by atoms with Crippen LogP contribution in [0.4, 0.5) is 13.2 Å². The molecule has 0 amide bonds. The van der Waals surface area contributed by atoms with Gasteiger partial charge in [0.1, 0.15) is 6.10 Å². The highest BCUT2D eigenvalue weighted by molar-refractivity contribution is 9.10. The molecule has 2 aromatic carbocycles. The lowest BCUT2D eigenvalue weighted by Gasteiger charge is -2.18. The zero-order valence-electron chi connectivity index (χ0n) is 11.3. The zero-order valence-corrected chi connectivity index (χ0v) is 12.9. The fourth-order valence-corrected chi connectivity index (χ4v) is 2.54. The maximum Gasteiger partial charge on any atom is 0.416 e. The first kappa shape index (κ1) is 16.0. The van der Waals surface area contributed by atoms with Gasteiger partial charge in [0, 0.05) is 4.47 Å². The van der Waals surface area contributed by atoms with E-state index in [1.54, 1.807) is 18.2 Å². The predicted molar refractivity (Wildman–Crippen MR) is 79.0 cm³/mol. The summed E-state index contributed by atoms with van der Waals surface area (Å²) in [5, 5.41) is 10.3. The number of aliphatic hydroxyl groups excluding tert-OH is 1. The summed E-state index contributed by atoms with van der Waals surface area (Å²) in [7, 11) is 0. The first-order valence-corrected chi connectivity index (χ1v) is 7.25. The van der Waals surface area contributed by atoms with E-state index in [-0.39, 0.29) is 5.56 Å². The normalized spacial score (nSPS) is 13.2. The van der Waals surface area contributed by atoms with Crippen molar-refractivity contribution in [1.29, 1.82) is 0 Å².